The highest BCUT2D eigenvalue weighted by Gasteiger charge is 2.26. The van der Waals surface area contributed by atoms with Gasteiger partial charge >= 0.3 is 6.18 Å². The Hall–Kier alpha value is -1.56. The molecule has 0 atom stereocenters. The second-order valence-corrected chi connectivity index (χ2v) is 3.52. The van der Waals surface area contributed by atoms with Crippen LogP contribution in [-0.2, 0) is 6.54 Å². The first-order valence-corrected chi connectivity index (χ1v) is 5.06. The summed E-state index contributed by atoms with van der Waals surface area (Å²) in [6.45, 7) is -0.0586. The Morgan fingerprint density at radius 3 is 2.29 bits per heavy atom. The van der Waals surface area contributed by atoms with Crippen LogP contribution in [0.5, 0.6) is 0 Å². The normalized spacial score (nSPS) is 11.3. The predicted octanol–water partition coefficient (Wildman–Crippen LogP) is 1.83. The number of amides is 1. The maximum atomic E-state index is 11.8. The van der Waals surface area contributed by atoms with E-state index in [1.165, 1.54) is 12.1 Å². The summed E-state index contributed by atoms with van der Waals surface area (Å²) in [5, 5.41) is 2.20. The largest absolute Gasteiger partial charge is 0.390 e. The first-order valence-electron chi connectivity index (χ1n) is 5.06. The summed E-state index contributed by atoms with van der Waals surface area (Å²) in [5.41, 5.74) is 6.56. The van der Waals surface area contributed by atoms with Crippen molar-refractivity contribution in [3.05, 3.63) is 35.4 Å². The molecule has 0 aromatic heterocycles. The van der Waals surface area contributed by atoms with Crippen LogP contribution in [-0.4, -0.2) is 18.6 Å². The molecule has 1 aromatic carbocycles. The minimum absolute atomic E-state index is 0.323. The topological polar surface area (TPSA) is 55.1 Å². The lowest BCUT2D eigenvalue weighted by Gasteiger charge is -2.08. The first kappa shape index (κ1) is 13.5. The molecule has 3 nitrogen and oxygen atoms in total. The third kappa shape index (κ3) is 4.86. The zero-order valence-electron chi connectivity index (χ0n) is 9.05. The van der Waals surface area contributed by atoms with Gasteiger partial charge in [0.2, 0.25) is 0 Å². The zero-order valence-corrected chi connectivity index (χ0v) is 9.05. The van der Waals surface area contributed by atoms with Crippen molar-refractivity contribution in [3.63, 3.8) is 0 Å². The van der Waals surface area contributed by atoms with Crippen molar-refractivity contribution in [2.24, 2.45) is 5.73 Å². The van der Waals surface area contributed by atoms with Crippen molar-refractivity contribution in [1.82, 2.24) is 5.32 Å². The summed E-state index contributed by atoms with van der Waals surface area (Å²) in [6, 6.07) is 6.40. The molecular formula is C11H13F3N2O. The lowest BCUT2D eigenvalue weighted by atomic mass is 10.1. The highest BCUT2D eigenvalue weighted by atomic mass is 19.4. The number of benzene rings is 1. The lowest BCUT2D eigenvalue weighted by molar-refractivity contribution is -0.132. The maximum Gasteiger partial charge on any atom is 0.390 e. The molecule has 0 aliphatic carbocycles. The Morgan fingerprint density at radius 2 is 1.82 bits per heavy atom. The van der Waals surface area contributed by atoms with Crippen molar-refractivity contribution in [2.75, 3.05) is 6.54 Å². The van der Waals surface area contributed by atoms with Crippen LogP contribution in [0.15, 0.2) is 24.3 Å². The van der Waals surface area contributed by atoms with Crippen LogP contribution in [0.1, 0.15) is 22.3 Å². The minimum Gasteiger partial charge on any atom is -0.352 e. The number of nitrogens with one attached hydrogen (secondary N) is 1. The molecule has 0 aliphatic heterocycles. The number of alkyl halides is 3. The summed E-state index contributed by atoms with van der Waals surface area (Å²) < 4.78 is 35.5. The van der Waals surface area contributed by atoms with E-state index in [4.69, 9.17) is 5.73 Å². The third-order valence-corrected chi connectivity index (χ3v) is 2.15. The Kier molecular flexibility index (Phi) is 4.51. The summed E-state index contributed by atoms with van der Waals surface area (Å²) in [7, 11) is 0. The molecule has 0 heterocycles. The number of hydrogen-bond acceptors (Lipinski definition) is 2. The fourth-order valence-electron chi connectivity index (χ4n) is 1.21. The van der Waals surface area contributed by atoms with Gasteiger partial charge in [-0.05, 0) is 17.7 Å². The van der Waals surface area contributed by atoms with E-state index in [2.05, 4.69) is 5.32 Å². The van der Waals surface area contributed by atoms with E-state index < -0.39 is 25.0 Å². The molecule has 6 heteroatoms. The molecule has 3 N–H and O–H groups in total. The monoisotopic (exact) mass is 246 g/mol. The molecule has 0 saturated carbocycles. The second kappa shape index (κ2) is 5.67. The SMILES string of the molecule is NCc1ccc(C(=O)NCCC(F)(F)F)cc1. The average Bonchev–Trinajstić information content (AvgIpc) is 2.27. The van der Waals surface area contributed by atoms with Gasteiger partial charge in [-0.3, -0.25) is 4.79 Å². The number of carbonyl (C=O) groups is 1. The molecule has 1 rings (SSSR count). The zero-order chi connectivity index (χ0) is 12.9. The van der Waals surface area contributed by atoms with Crippen molar-refractivity contribution in [2.45, 2.75) is 19.1 Å². The molecular weight excluding hydrogens is 233 g/mol. The highest BCUT2D eigenvalue weighted by molar-refractivity contribution is 5.94. The lowest BCUT2D eigenvalue weighted by Crippen LogP contribution is -2.27. The maximum absolute atomic E-state index is 11.8. The summed E-state index contributed by atoms with van der Waals surface area (Å²) in [6.07, 6.45) is -5.28. The van der Waals surface area contributed by atoms with Gasteiger partial charge in [-0.1, -0.05) is 12.1 Å². The molecule has 0 saturated heterocycles. The van der Waals surface area contributed by atoms with Crippen LogP contribution < -0.4 is 11.1 Å². The molecule has 1 amide bonds. The highest BCUT2D eigenvalue weighted by Crippen LogP contribution is 2.18. The van der Waals surface area contributed by atoms with E-state index in [9.17, 15) is 18.0 Å². The average molecular weight is 246 g/mol. The molecule has 0 aliphatic rings. The van der Waals surface area contributed by atoms with Crippen molar-refractivity contribution >= 4 is 5.91 Å². The molecule has 0 unspecified atom stereocenters. The molecule has 0 spiro atoms. The summed E-state index contributed by atoms with van der Waals surface area (Å²) in [4.78, 5) is 11.4. The van der Waals surface area contributed by atoms with Gasteiger partial charge in [0, 0.05) is 18.7 Å². The first-order chi connectivity index (χ1) is 7.92. The third-order valence-electron chi connectivity index (χ3n) is 2.15. The van der Waals surface area contributed by atoms with Gasteiger partial charge in [0.25, 0.3) is 5.91 Å². The summed E-state index contributed by atoms with van der Waals surface area (Å²) >= 11 is 0. The number of carbonyl (C=O) groups excluding carboxylic acids is 1. The predicted molar refractivity (Wildman–Crippen MR) is 57.3 cm³/mol. The van der Waals surface area contributed by atoms with Gasteiger partial charge in [0.15, 0.2) is 0 Å². The van der Waals surface area contributed by atoms with Crippen LogP contribution in [0.4, 0.5) is 13.2 Å². The van der Waals surface area contributed by atoms with E-state index in [1.54, 1.807) is 12.1 Å². The van der Waals surface area contributed by atoms with Crippen LogP contribution in [0.3, 0.4) is 0 Å². The number of nitrogens with two attached hydrogens (primary N) is 1. The van der Waals surface area contributed by atoms with Crippen LogP contribution in [0.2, 0.25) is 0 Å². The van der Waals surface area contributed by atoms with Gasteiger partial charge in [-0.15, -0.1) is 0 Å². The fourth-order valence-corrected chi connectivity index (χ4v) is 1.21. The Morgan fingerprint density at radius 1 is 1.24 bits per heavy atom. The van der Waals surface area contributed by atoms with E-state index >= 15 is 0 Å². The number of rotatable bonds is 4. The molecule has 17 heavy (non-hydrogen) atoms. The van der Waals surface area contributed by atoms with Crippen LogP contribution in [0, 0.1) is 0 Å². The Labute approximate surface area is 96.8 Å². The summed E-state index contributed by atoms with van der Waals surface area (Å²) in [5.74, 6) is -0.516. The fraction of sp³-hybridized carbons (Fsp3) is 0.364. The van der Waals surface area contributed by atoms with Gasteiger partial charge in [-0.25, -0.2) is 0 Å². The van der Waals surface area contributed by atoms with E-state index in [0.717, 1.165) is 5.56 Å². The second-order valence-electron chi connectivity index (χ2n) is 3.52. The van der Waals surface area contributed by atoms with Gasteiger partial charge in [0.05, 0.1) is 6.42 Å². The molecule has 0 fully saturated rings. The smallest absolute Gasteiger partial charge is 0.352 e. The van der Waals surface area contributed by atoms with Gasteiger partial charge < -0.3 is 11.1 Å². The molecule has 0 bridgehead atoms. The molecule has 1 aromatic rings. The van der Waals surface area contributed by atoms with Gasteiger partial charge in [0.1, 0.15) is 0 Å². The Bertz CT molecular complexity index is 373. The van der Waals surface area contributed by atoms with Crippen LogP contribution in [0.25, 0.3) is 0 Å². The van der Waals surface area contributed by atoms with E-state index in [0.29, 0.717) is 12.1 Å². The molecule has 94 valence electrons. The van der Waals surface area contributed by atoms with Crippen molar-refractivity contribution in [1.29, 1.82) is 0 Å². The number of halogens is 3. The minimum atomic E-state index is -4.25. The van der Waals surface area contributed by atoms with Crippen molar-refractivity contribution < 1.29 is 18.0 Å². The Balaban J connectivity index is 2.47. The quantitative estimate of drug-likeness (QED) is 0.851. The van der Waals surface area contributed by atoms with E-state index in [-0.39, 0.29) is 0 Å². The van der Waals surface area contributed by atoms with Gasteiger partial charge in [-0.2, -0.15) is 13.2 Å². The standard InChI is InChI=1S/C11H13F3N2O/c12-11(13,14)5-6-16-10(17)9-3-1-8(7-15)2-4-9/h1-4H,5-7,15H2,(H,16,17). The van der Waals surface area contributed by atoms with Crippen LogP contribution >= 0.6 is 0 Å². The van der Waals surface area contributed by atoms with E-state index in [1.807, 2.05) is 0 Å². The molecule has 0 radical (unpaired) electrons. The number of hydrogen-bond donors (Lipinski definition) is 2. The van der Waals surface area contributed by atoms with Crippen molar-refractivity contribution in [3.8, 4) is 0 Å².